The molecular weight excluding hydrogens is 277 g/mol. The summed E-state index contributed by atoms with van der Waals surface area (Å²) in [5.41, 5.74) is 6.77. The van der Waals surface area contributed by atoms with Crippen molar-refractivity contribution in [3.8, 4) is 5.75 Å². The molecule has 0 aliphatic rings. The van der Waals surface area contributed by atoms with Gasteiger partial charge in [-0.3, -0.25) is 0 Å². The first-order valence-corrected chi connectivity index (χ1v) is 5.69. The first-order valence-electron chi connectivity index (χ1n) is 4.52. The second kappa shape index (κ2) is 5.54. The molecule has 0 saturated carbocycles. The Labute approximate surface area is 103 Å². The third-order valence-electron chi connectivity index (χ3n) is 1.85. The summed E-state index contributed by atoms with van der Waals surface area (Å²) in [7, 11) is 0. The molecule has 0 fully saturated rings. The van der Waals surface area contributed by atoms with E-state index in [-0.39, 0.29) is 12.6 Å². The lowest BCUT2D eigenvalue weighted by molar-refractivity contribution is 0.353. The molecular formula is C11H13BrClNO. The molecule has 0 bridgehead atoms. The zero-order valence-corrected chi connectivity index (χ0v) is 10.8. The number of halogens is 2. The number of benzene rings is 1. The summed E-state index contributed by atoms with van der Waals surface area (Å²) in [6, 6.07) is 5.66. The molecule has 2 nitrogen and oxygen atoms in total. The smallest absolute Gasteiger partial charge is 0.125 e. The fourth-order valence-electron chi connectivity index (χ4n) is 1.17. The summed E-state index contributed by atoms with van der Waals surface area (Å²) in [4.78, 5) is 0. The van der Waals surface area contributed by atoms with E-state index in [9.17, 15) is 0 Å². The summed E-state index contributed by atoms with van der Waals surface area (Å²) in [6.07, 6.45) is 0. The van der Waals surface area contributed by atoms with Gasteiger partial charge in [0.1, 0.15) is 12.4 Å². The van der Waals surface area contributed by atoms with Gasteiger partial charge in [0.25, 0.3) is 0 Å². The highest BCUT2D eigenvalue weighted by molar-refractivity contribution is 9.10. The summed E-state index contributed by atoms with van der Waals surface area (Å²) >= 11 is 9.01. The second-order valence-electron chi connectivity index (χ2n) is 3.28. The Bertz CT molecular complexity index is 366. The Morgan fingerprint density at radius 3 is 2.87 bits per heavy atom. The monoisotopic (exact) mass is 289 g/mol. The van der Waals surface area contributed by atoms with Crippen molar-refractivity contribution in [2.75, 3.05) is 6.61 Å². The van der Waals surface area contributed by atoms with Gasteiger partial charge in [-0.1, -0.05) is 40.2 Å². The minimum absolute atomic E-state index is 0.0725. The van der Waals surface area contributed by atoms with Crippen molar-refractivity contribution in [3.63, 3.8) is 0 Å². The Balaban J connectivity index is 2.91. The average Bonchev–Trinajstić information content (AvgIpc) is 2.14. The second-order valence-corrected chi connectivity index (χ2v) is 4.73. The van der Waals surface area contributed by atoms with Crippen LogP contribution < -0.4 is 10.5 Å². The van der Waals surface area contributed by atoms with Gasteiger partial charge in [0.2, 0.25) is 0 Å². The molecule has 0 saturated heterocycles. The molecule has 1 aromatic carbocycles. The lowest BCUT2D eigenvalue weighted by Gasteiger charge is -2.13. The van der Waals surface area contributed by atoms with E-state index in [1.807, 2.05) is 25.1 Å². The summed E-state index contributed by atoms with van der Waals surface area (Å²) in [6.45, 7) is 5.76. The first kappa shape index (κ1) is 12.6. The quantitative estimate of drug-likeness (QED) is 0.919. The SMILES string of the molecule is C=C(Cl)COc1cc(Br)ccc1C(C)N. The van der Waals surface area contributed by atoms with Gasteiger partial charge in [-0.25, -0.2) is 0 Å². The third-order valence-corrected chi connectivity index (χ3v) is 2.45. The van der Waals surface area contributed by atoms with E-state index in [1.54, 1.807) is 0 Å². The van der Waals surface area contributed by atoms with Crippen molar-refractivity contribution in [3.05, 3.63) is 39.8 Å². The van der Waals surface area contributed by atoms with Crippen LogP contribution >= 0.6 is 27.5 Å². The highest BCUT2D eigenvalue weighted by Crippen LogP contribution is 2.28. The number of rotatable bonds is 4. The fourth-order valence-corrected chi connectivity index (χ4v) is 1.56. The van der Waals surface area contributed by atoms with Gasteiger partial charge in [0.05, 0.1) is 0 Å². The van der Waals surface area contributed by atoms with Crippen molar-refractivity contribution in [2.24, 2.45) is 5.73 Å². The summed E-state index contributed by atoms with van der Waals surface area (Å²) in [5, 5.41) is 0.464. The largest absolute Gasteiger partial charge is 0.488 e. The highest BCUT2D eigenvalue weighted by Gasteiger charge is 2.08. The number of hydrogen-bond donors (Lipinski definition) is 1. The van der Waals surface area contributed by atoms with Crippen molar-refractivity contribution >= 4 is 27.5 Å². The van der Waals surface area contributed by atoms with Crippen LogP contribution in [-0.2, 0) is 0 Å². The topological polar surface area (TPSA) is 35.2 Å². The molecule has 0 radical (unpaired) electrons. The van der Waals surface area contributed by atoms with Crippen LogP contribution in [0.5, 0.6) is 5.75 Å². The van der Waals surface area contributed by atoms with E-state index in [0.29, 0.717) is 5.03 Å². The van der Waals surface area contributed by atoms with E-state index in [4.69, 9.17) is 22.1 Å². The van der Waals surface area contributed by atoms with Crippen LogP contribution in [0.25, 0.3) is 0 Å². The Morgan fingerprint density at radius 1 is 1.67 bits per heavy atom. The standard InChI is InChI=1S/C11H13BrClNO/c1-7(13)6-15-11-5-9(12)3-4-10(11)8(2)14/h3-5,8H,1,6,14H2,2H3. The van der Waals surface area contributed by atoms with Gasteiger partial charge < -0.3 is 10.5 Å². The van der Waals surface area contributed by atoms with Crippen LogP contribution in [0.2, 0.25) is 0 Å². The zero-order valence-electron chi connectivity index (χ0n) is 8.47. The molecule has 2 N–H and O–H groups in total. The molecule has 15 heavy (non-hydrogen) atoms. The van der Waals surface area contributed by atoms with Crippen molar-refractivity contribution < 1.29 is 4.74 Å². The molecule has 1 aromatic rings. The molecule has 0 aliphatic carbocycles. The van der Waals surface area contributed by atoms with Crippen LogP contribution in [0.3, 0.4) is 0 Å². The van der Waals surface area contributed by atoms with E-state index in [1.165, 1.54) is 0 Å². The van der Waals surface area contributed by atoms with Gasteiger partial charge in [-0.05, 0) is 19.1 Å². The highest BCUT2D eigenvalue weighted by atomic mass is 79.9. The minimum Gasteiger partial charge on any atom is -0.488 e. The summed E-state index contributed by atoms with van der Waals surface area (Å²) < 4.78 is 6.45. The fraction of sp³-hybridized carbons (Fsp3) is 0.273. The van der Waals surface area contributed by atoms with E-state index in [2.05, 4.69) is 22.5 Å². The molecule has 1 unspecified atom stereocenters. The van der Waals surface area contributed by atoms with Gasteiger partial charge in [-0.15, -0.1) is 0 Å². The van der Waals surface area contributed by atoms with Gasteiger partial charge in [0.15, 0.2) is 0 Å². The maximum absolute atomic E-state index is 5.82. The number of nitrogens with two attached hydrogens (primary N) is 1. The van der Waals surface area contributed by atoms with Gasteiger partial charge >= 0.3 is 0 Å². The third kappa shape index (κ3) is 3.86. The lowest BCUT2D eigenvalue weighted by atomic mass is 10.1. The molecule has 0 aromatic heterocycles. The van der Waals surface area contributed by atoms with Gasteiger partial charge in [-0.2, -0.15) is 0 Å². The average molecular weight is 291 g/mol. The first-order chi connectivity index (χ1) is 7.00. The van der Waals surface area contributed by atoms with E-state index >= 15 is 0 Å². The van der Waals surface area contributed by atoms with Crippen LogP contribution in [0, 0.1) is 0 Å². The molecule has 0 amide bonds. The maximum atomic E-state index is 5.82. The van der Waals surface area contributed by atoms with Crippen LogP contribution in [0.15, 0.2) is 34.3 Å². The maximum Gasteiger partial charge on any atom is 0.125 e. The molecule has 4 heteroatoms. The number of hydrogen-bond acceptors (Lipinski definition) is 2. The lowest BCUT2D eigenvalue weighted by Crippen LogP contribution is -2.08. The van der Waals surface area contributed by atoms with E-state index < -0.39 is 0 Å². The zero-order chi connectivity index (χ0) is 11.4. The van der Waals surface area contributed by atoms with Crippen LogP contribution in [0.4, 0.5) is 0 Å². The minimum atomic E-state index is -0.0725. The molecule has 0 aliphatic heterocycles. The van der Waals surface area contributed by atoms with E-state index in [0.717, 1.165) is 15.8 Å². The molecule has 0 heterocycles. The van der Waals surface area contributed by atoms with Crippen molar-refractivity contribution in [2.45, 2.75) is 13.0 Å². The molecule has 82 valence electrons. The molecule has 1 atom stereocenters. The normalized spacial score (nSPS) is 12.3. The van der Waals surface area contributed by atoms with Crippen molar-refractivity contribution in [1.29, 1.82) is 0 Å². The number of ether oxygens (including phenoxy) is 1. The Morgan fingerprint density at radius 2 is 2.33 bits per heavy atom. The Kier molecular flexibility index (Phi) is 4.64. The predicted molar refractivity (Wildman–Crippen MR) is 67.2 cm³/mol. The van der Waals surface area contributed by atoms with Crippen LogP contribution in [-0.4, -0.2) is 6.61 Å². The molecule has 1 rings (SSSR count). The van der Waals surface area contributed by atoms with Crippen molar-refractivity contribution in [1.82, 2.24) is 0 Å². The Hall–Kier alpha value is -0.510. The predicted octanol–water partition coefficient (Wildman–Crippen LogP) is 3.60. The van der Waals surface area contributed by atoms with Crippen LogP contribution in [0.1, 0.15) is 18.5 Å². The molecule has 0 spiro atoms. The van der Waals surface area contributed by atoms with Gasteiger partial charge in [0, 0.05) is 21.1 Å². The summed E-state index contributed by atoms with van der Waals surface area (Å²) in [5.74, 6) is 0.737.